The average molecular weight is 231 g/mol. The molecule has 0 aliphatic heterocycles. The number of unbranched alkanes of at least 4 members (excludes halogenated alkanes) is 2. The molecule has 0 unspecified atom stereocenters. The Kier molecular flexibility index (Phi) is 4.15. The third-order valence-corrected chi connectivity index (χ3v) is 3.21. The summed E-state index contributed by atoms with van der Waals surface area (Å²) in [6, 6.07) is 8.33. The van der Waals surface area contributed by atoms with Crippen LogP contribution in [-0.2, 0) is 13.5 Å². The lowest BCUT2D eigenvalue weighted by molar-refractivity contribution is 0.625. The Morgan fingerprint density at radius 3 is 2.76 bits per heavy atom. The van der Waals surface area contributed by atoms with E-state index in [2.05, 4.69) is 40.1 Å². The van der Waals surface area contributed by atoms with Crippen LogP contribution in [0.4, 0.5) is 0 Å². The molecule has 2 aromatic rings. The molecule has 3 heteroatoms. The highest BCUT2D eigenvalue weighted by Crippen LogP contribution is 2.15. The third-order valence-electron chi connectivity index (χ3n) is 3.21. The minimum atomic E-state index is 1.08. The first-order valence-electron chi connectivity index (χ1n) is 6.38. The SMILES string of the molecule is CNCCCCCc1nc2ccccc2n1C. The second-order valence-electron chi connectivity index (χ2n) is 4.49. The second kappa shape index (κ2) is 5.82. The van der Waals surface area contributed by atoms with Crippen molar-refractivity contribution in [1.29, 1.82) is 0 Å². The topological polar surface area (TPSA) is 29.9 Å². The average Bonchev–Trinajstić information content (AvgIpc) is 2.67. The van der Waals surface area contributed by atoms with E-state index in [1.165, 1.54) is 30.6 Å². The first-order chi connectivity index (χ1) is 8.33. The molecule has 0 spiro atoms. The fourth-order valence-corrected chi connectivity index (χ4v) is 2.18. The van der Waals surface area contributed by atoms with Gasteiger partial charge in [0.25, 0.3) is 0 Å². The van der Waals surface area contributed by atoms with Gasteiger partial charge in [0, 0.05) is 13.5 Å². The summed E-state index contributed by atoms with van der Waals surface area (Å²) in [5.74, 6) is 1.20. The Labute approximate surface area is 103 Å². The molecule has 0 bridgehead atoms. The molecule has 0 radical (unpaired) electrons. The van der Waals surface area contributed by atoms with Crippen LogP contribution in [0.5, 0.6) is 0 Å². The van der Waals surface area contributed by atoms with Gasteiger partial charge in [-0.25, -0.2) is 4.98 Å². The molecule has 2 rings (SSSR count). The third kappa shape index (κ3) is 2.86. The molecule has 0 saturated heterocycles. The Hall–Kier alpha value is -1.35. The predicted molar refractivity (Wildman–Crippen MR) is 72.2 cm³/mol. The quantitative estimate of drug-likeness (QED) is 0.774. The highest BCUT2D eigenvalue weighted by atomic mass is 15.1. The van der Waals surface area contributed by atoms with Crippen LogP contribution in [0.2, 0.25) is 0 Å². The molecule has 3 nitrogen and oxygen atoms in total. The number of aryl methyl sites for hydroxylation is 2. The zero-order valence-corrected chi connectivity index (χ0v) is 10.7. The Bertz CT molecular complexity index is 473. The van der Waals surface area contributed by atoms with Crippen molar-refractivity contribution in [3.63, 3.8) is 0 Å². The number of rotatable bonds is 6. The molecule has 17 heavy (non-hydrogen) atoms. The van der Waals surface area contributed by atoms with Gasteiger partial charge in [0.15, 0.2) is 0 Å². The van der Waals surface area contributed by atoms with Crippen molar-refractivity contribution >= 4 is 11.0 Å². The molecule has 0 aliphatic carbocycles. The van der Waals surface area contributed by atoms with Gasteiger partial charge in [-0.2, -0.15) is 0 Å². The summed E-state index contributed by atoms with van der Waals surface area (Å²) in [4.78, 5) is 4.68. The van der Waals surface area contributed by atoms with Gasteiger partial charge in [-0.1, -0.05) is 18.6 Å². The molecule has 0 saturated carbocycles. The van der Waals surface area contributed by atoms with Crippen molar-refractivity contribution in [2.75, 3.05) is 13.6 Å². The van der Waals surface area contributed by atoms with E-state index in [-0.39, 0.29) is 0 Å². The van der Waals surface area contributed by atoms with Gasteiger partial charge in [-0.15, -0.1) is 0 Å². The lowest BCUT2D eigenvalue weighted by atomic mass is 10.2. The largest absolute Gasteiger partial charge is 0.331 e. The molecular weight excluding hydrogens is 210 g/mol. The van der Waals surface area contributed by atoms with E-state index in [0.717, 1.165) is 18.5 Å². The standard InChI is InChI=1S/C14H21N3/c1-15-11-7-3-4-10-14-16-12-8-5-6-9-13(12)17(14)2/h5-6,8-9,15H,3-4,7,10-11H2,1-2H3. The van der Waals surface area contributed by atoms with E-state index in [1.54, 1.807) is 0 Å². The zero-order valence-electron chi connectivity index (χ0n) is 10.7. The van der Waals surface area contributed by atoms with Gasteiger partial charge in [0.05, 0.1) is 11.0 Å². The summed E-state index contributed by atoms with van der Waals surface area (Å²) in [6.45, 7) is 1.11. The van der Waals surface area contributed by atoms with Crippen LogP contribution in [0.25, 0.3) is 11.0 Å². The van der Waals surface area contributed by atoms with E-state index < -0.39 is 0 Å². The number of fused-ring (bicyclic) bond motifs is 1. The molecule has 0 atom stereocenters. The molecule has 1 N–H and O–H groups in total. The van der Waals surface area contributed by atoms with Crippen LogP contribution < -0.4 is 5.32 Å². The maximum absolute atomic E-state index is 4.68. The fraction of sp³-hybridized carbons (Fsp3) is 0.500. The number of para-hydroxylation sites is 2. The van der Waals surface area contributed by atoms with Crippen LogP contribution in [0, 0.1) is 0 Å². The number of imidazole rings is 1. The second-order valence-corrected chi connectivity index (χ2v) is 4.49. The summed E-state index contributed by atoms with van der Waals surface area (Å²) in [6.07, 6.45) is 4.82. The Morgan fingerprint density at radius 2 is 2.00 bits per heavy atom. The fourth-order valence-electron chi connectivity index (χ4n) is 2.18. The maximum atomic E-state index is 4.68. The molecule has 1 heterocycles. The molecule has 0 fully saturated rings. The van der Waals surface area contributed by atoms with Crippen molar-refractivity contribution in [2.24, 2.45) is 7.05 Å². The first kappa shape index (κ1) is 12.1. The van der Waals surface area contributed by atoms with E-state index in [0.29, 0.717) is 0 Å². The lowest BCUT2D eigenvalue weighted by Crippen LogP contribution is -2.07. The van der Waals surface area contributed by atoms with Gasteiger partial charge < -0.3 is 9.88 Å². The summed E-state index contributed by atoms with van der Waals surface area (Å²) in [7, 11) is 4.11. The molecule has 0 aliphatic rings. The van der Waals surface area contributed by atoms with Crippen molar-refractivity contribution in [1.82, 2.24) is 14.9 Å². The van der Waals surface area contributed by atoms with Gasteiger partial charge in [0.1, 0.15) is 5.82 Å². The normalized spacial score (nSPS) is 11.2. The smallest absolute Gasteiger partial charge is 0.109 e. The van der Waals surface area contributed by atoms with Gasteiger partial charge in [0.2, 0.25) is 0 Å². The molecule has 1 aromatic heterocycles. The molecule has 0 amide bonds. The monoisotopic (exact) mass is 231 g/mol. The van der Waals surface area contributed by atoms with Crippen LogP contribution >= 0.6 is 0 Å². The summed E-state index contributed by atoms with van der Waals surface area (Å²) in [5.41, 5.74) is 2.35. The van der Waals surface area contributed by atoms with Crippen molar-refractivity contribution in [3.8, 4) is 0 Å². The summed E-state index contributed by atoms with van der Waals surface area (Å²) < 4.78 is 2.22. The van der Waals surface area contributed by atoms with Gasteiger partial charge >= 0.3 is 0 Å². The number of nitrogens with zero attached hydrogens (tertiary/aromatic N) is 2. The number of hydrogen-bond donors (Lipinski definition) is 1. The molecule has 1 aromatic carbocycles. The Morgan fingerprint density at radius 1 is 1.18 bits per heavy atom. The van der Waals surface area contributed by atoms with Gasteiger partial charge in [-0.3, -0.25) is 0 Å². The minimum absolute atomic E-state index is 1.08. The summed E-state index contributed by atoms with van der Waals surface area (Å²) >= 11 is 0. The zero-order chi connectivity index (χ0) is 12.1. The van der Waals surface area contributed by atoms with Crippen molar-refractivity contribution < 1.29 is 0 Å². The predicted octanol–water partition coefficient (Wildman–Crippen LogP) is 2.51. The number of hydrogen-bond acceptors (Lipinski definition) is 2. The van der Waals surface area contributed by atoms with Crippen LogP contribution in [-0.4, -0.2) is 23.1 Å². The van der Waals surface area contributed by atoms with E-state index in [1.807, 2.05) is 13.1 Å². The number of nitrogens with one attached hydrogen (secondary N) is 1. The van der Waals surface area contributed by atoms with Gasteiger partial charge in [-0.05, 0) is 38.6 Å². The summed E-state index contributed by atoms with van der Waals surface area (Å²) in [5, 5.41) is 3.18. The van der Waals surface area contributed by atoms with Crippen molar-refractivity contribution in [3.05, 3.63) is 30.1 Å². The lowest BCUT2D eigenvalue weighted by Gasteiger charge is -2.02. The van der Waals surface area contributed by atoms with E-state index in [9.17, 15) is 0 Å². The Balaban J connectivity index is 1.97. The number of aromatic nitrogens is 2. The van der Waals surface area contributed by atoms with E-state index in [4.69, 9.17) is 0 Å². The number of benzene rings is 1. The minimum Gasteiger partial charge on any atom is -0.331 e. The molecule has 92 valence electrons. The van der Waals surface area contributed by atoms with Crippen molar-refractivity contribution in [2.45, 2.75) is 25.7 Å². The highest BCUT2D eigenvalue weighted by Gasteiger charge is 2.05. The maximum Gasteiger partial charge on any atom is 0.109 e. The van der Waals surface area contributed by atoms with Crippen LogP contribution in [0.15, 0.2) is 24.3 Å². The van der Waals surface area contributed by atoms with E-state index >= 15 is 0 Å². The first-order valence-corrected chi connectivity index (χ1v) is 6.38. The van der Waals surface area contributed by atoms with Crippen LogP contribution in [0.3, 0.4) is 0 Å². The van der Waals surface area contributed by atoms with Crippen LogP contribution in [0.1, 0.15) is 25.1 Å². The molecular formula is C14H21N3. The highest BCUT2D eigenvalue weighted by molar-refractivity contribution is 5.75.